The van der Waals surface area contributed by atoms with Crippen LogP contribution in [0.3, 0.4) is 0 Å². The molecule has 1 aromatic carbocycles. The first-order valence-electron chi connectivity index (χ1n) is 6.89. The lowest BCUT2D eigenvalue weighted by Gasteiger charge is -2.24. The first-order chi connectivity index (χ1) is 9.50. The predicted molar refractivity (Wildman–Crippen MR) is 90.4 cm³/mol. The van der Waals surface area contributed by atoms with Crippen LogP contribution in [0, 0.1) is 5.92 Å². The van der Waals surface area contributed by atoms with Crippen LogP contribution < -0.4 is 10.6 Å². The fourth-order valence-electron chi connectivity index (χ4n) is 2.28. The summed E-state index contributed by atoms with van der Waals surface area (Å²) in [6, 6.07) is 8.10. The van der Waals surface area contributed by atoms with Gasteiger partial charge in [0.05, 0.1) is 16.8 Å². The summed E-state index contributed by atoms with van der Waals surface area (Å²) in [5.74, 6) is 0.666. The SMILES string of the molecule is CC(C)CCN(C)c1c(C(N)=S)cnc2ccccc12. The van der Waals surface area contributed by atoms with Crippen LogP contribution in [-0.4, -0.2) is 23.6 Å². The van der Waals surface area contributed by atoms with Crippen molar-refractivity contribution in [2.75, 3.05) is 18.5 Å². The van der Waals surface area contributed by atoms with Crippen LogP contribution in [0.1, 0.15) is 25.8 Å². The summed E-state index contributed by atoms with van der Waals surface area (Å²) in [5.41, 5.74) is 8.77. The molecule has 1 aromatic heterocycles. The third-order valence-electron chi connectivity index (χ3n) is 3.44. The van der Waals surface area contributed by atoms with Crippen LogP contribution in [0.4, 0.5) is 5.69 Å². The minimum atomic E-state index is 0.398. The molecular formula is C16H21N3S. The van der Waals surface area contributed by atoms with Crippen LogP contribution >= 0.6 is 12.2 Å². The molecule has 3 nitrogen and oxygen atoms in total. The highest BCUT2D eigenvalue weighted by atomic mass is 32.1. The van der Waals surface area contributed by atoms with Crippen molar-refractivity contribution in [2.45, 2.75) is 20.3 Å². The van der Waals surface area contributed by atoms with Crippen molar-refractivity contribution in [3.05, 3.63) is 36.0 Å². The van der Waals surface area contributed by atoms with E-state index in [1.54, 1.807) is 6.20 Å². The van der Waals surface area contributed by atoms with Gasteiger partial charge in [0.1, 0.15) is 4.99 Å². The standard InChI is InChI=1S/C16H21N3S/c1-11(2)8-9-19(3)15-12-6-4-5-7-14(12)18-10-13(15)16(17)20/h4-7,10-11H,8-9H2,1-3H3,(H2,17,20). The fourth-order valence-corrected chi connectivity index (χ4v) is 2.43. The second-order valence-electron chi connectivity index (χ2n) is 5.51. The van der Waals surface area contributed by atoms with Gasteiger partial charge in [-0.2, -0.15) is 0 Å². The molecule has 2 aromatic rings. The average molecular weight is 287 g/mol. The first kappa shape index (κ1) is 14.7. The van der Waals surface area contributed by atoms with E-state index in [0.29, 0.717) is 10.9 Å². The molecule has 0 aliphatic heterocycles. The van der Waals surface area contributed by atoms with E-state index in [1.165, 1.54) is 0 Å². The summed E-state index contributed by atoms with van der Waals surface area (Å²) in [4.78, 5) is 7.08. The van der Waals surface area contributed by atoms with Gasteiger partial charge in [-0.15, -0.1) is 0 Å². The Labute approximate surface area is 125 Å². The summed E-state index contributed by atoms with van der Waals surface area (Å²) in [6.45, 7) is 5.43. The van der Waals surface area contributed by atoms with Gasteiger partial charge in [-0.25, -0.2) is 0 Å². The monoisotopic (exact) mass is 287 g/mol. The maximum atomic E-state index is 5.86. The number of hydrogen-bond donors (Lipinski definition) is 1. The van der Waals surface area contributed by atoms with Crippen molar-refractivity contribution in [1.29, 1.82) is 0 Å². The molecule has 2 N–H and O–H groups in total. The van der Waals surface area contributed by atoms with E-state index in [4.69, 9.17) is 18.0 Å². The molecule has 0 bridgehead atoms. The second-order valence-corrected chi connectivity index (χ2v) is 5.95. The van der Waals surface area contributed by atoms with Gasteiger partial charge in [0.2, 0.25) is 0 Å². The summed E-state index contributed by atoms with van der Waals surface area (Å²) >= 11 is 5.18. The van der Waals surface area contributed by atoms with E-state index in [0.717, 1.165) is 35.1 Å². The molecule has 0 radical (unpaired) electrons. The molecule has 0 saturated carbocycles. The van der Waals surface area contributed by atoms with E-state index >= 15 is 0 Å². The Bertz CT molecular complexity index is 622. The quantitative estimate of drug-likeness (QED) is 0.856. The highest BCUT2D eigenvalue weighted by molar-refractivity contribution is 7.80. The zero-order chi connectivity index (χ0) is 14.7. The van der Waals surface area contributed by atoms with Crippen molar-refractivity contribution < 1.29 is 0 Å². The summed E-state index contributed by atoms with van der Waals surface area (Å²) in [6.07, 6.45) is 2.91. The van der Waals surface area contributed by atoms with Crippen molar-refractivity contribution in [3.8, 4) is 0 Å². The van der Waals surface area contributed by atoms with Gasteiger partial charge in [-0.05, 0) is 18.4 Å². The molecule has 0 spiro atoms. The Morgan fingerprint density at radius 1 is 1.35 bits per heavy atom. The number of pyridine rings is 1. The smallest absolute Gasteiger partial charge is 0.107 e. The number of hydrogen-bond acceptors (Lipinski definition) is 3. The highest BCUT2D eigenvalue weighted by Gasteiger charge is 2.14. The zero-order valence-electron chi connectivity index (χ0n) is 12.3. The molecule has 0 unspecified atom stereocenters. The van der Waals surface area contributed by atoms with Gasteiger partial charge in [0.15, 0.2) is 0 Å². The van der Waals surface area contributed by atoms with Crippen LogP contribution in [0.5, 0.6) is 0 Å². The summed E-state index contributed by atoms with van der Waals surface area (Å²) < 4.78 is 0. The minimum Gasteiger partial charge on any atom is -0.389 e. The molecule has 106 valence electrons. The lowest BCUT2D eigenvalue weighted by atomic mass is 10.1. The zero-order valence-corrected chi connectivity index (χ0v) is 13.1. The van der Waals surface area contributed by atoms with Gasteiger partial charge >= 0.3 is 0 Å². The number of aromatic nitrogens is 1. The van der Waals surface area contributed by atoms with Gasteiger partial charge < -0.3 is 10.6 Å². The molecular weight excluding hydrogens is 266 g/mol. The first-order valence-corrected chi connectivity index (χ1v) is 7.30. The van der Waals surface area contributed by atoms with Crippen molar-refractivity contribution in [3.63, 3.8) is 0 Å². The van der Waals surface area contributed by atoms with Gasteiger partial charge in [-0.3, -0.25) is 4.98 Å². The van der Waals surface area contributed by atoms with Crippen LogP contribution in [-0.2, 0) is 0 Å². The van der Waals surface area contributed by atoms with Crippen molar-refractivity contribution in [2.24, 2.45) is 11.7 Å². The van der Waals surface area contributed by atoms with Crippen LogP contribution in [0.15, 0.2) is 30.5 Å². The fraction of sp³-hybridized carbons (Fsp3) is 0.375. The molecule has 20 heavy (non-hydrogen) atoms. The Hall–Kier alpha value is -1.68. The maximum Gasteiger partial charge on any atom is 0.107 e. The van der Waals surface area contributed by atoms with E-state index < -0.39 is 0 Å². The number of rotatable bonds is 5. The van der Waals surface area contributed by atoms with Crippen LogP contribution in [0.25, 0.3) is 10.9 Å². The van der Waals surface area contributed by atoms with Gasteiger partial charge in [0, 0.05) is 25.2 Å². The predicted octanol–water partition coefficient (Wildman–Crippen LogP) is 3.35. The highest BCUT2D eigenvalue weighted by Crippen LogP contribution is 2.29. The van der Waals surface area contributed by atoms with Crippen molar-refractivity contribution in [1.82, 2.24) is 4.98 Å². The molecule has 1 heterocycles. The minimum absolute atomic E-state index is 0.398. The number of fused-ring (bicyclic) bond motifs is 1. The largest absolute Gasteiger partial charge is 0.389 e. The lowest BCUT2D eigenvalue weighted by Crippen LogP contribution is -2.24. The van der Waals surface area contributed by atoms with Crippen molar-refractivity contribution >= 4 is 33.8 Å². The average Bonchev–Trinajstić information content (AvgIpc) is 2.43. The number of benzene rings is 1. The molecule has 0 saturated heterocycles. The Morgan fingerprint density at radius 3 is 2.70 bits per heavy atom. The number of nitrogens with two attached hydrogens (primary N) is 1. The Morgan fingerprint density at radius 2 is 2.05 bits per heavy atom. The maximum absolute atomic E-state index is 5.86. The van der Waals surface area contributed by atoms with E-state index in [-0.39, 0.29) is 0 Å². The number of anilines is 1. The van der Waals surface area contributed by atoms with E-state index in [2.05, 4.69) is 36.8 Å². The molecule has 0 atom stereocenters. The molecule has 0 fully saturated rings. The normalized spacial score (nSPS) is 11.0. The molecule has 0 aliphatic carbocycles. The van der Waals surface area contributed by atoms with Gasteiger partial charge in [-0.1, -0.05) is 44.3 Å². The number of nitrogens with zero attached hydrogens (tertiary/aromatic N) is 2. The number of para-hydroxylation sites is 1. The van der Waals surface area contributed by atoms with E-state index in [1.807, 2.05) is 18.2 Å². The summed E-state index contributed by atoms with van der Waals surface area (Å²) in [5, 5.41) is 1.10. The molecule has 0 aliphatic rings. The molecule has 2 rings (SSSR count). The Balaban J connectivity index is 2.51. The summed E-state index contributed by atoms with van der Waals surface area (Å²) in [7, 11) is 2.09. The third-order valence-corrected chi connectivity index (χ3v) is 3.66. The molecule has 0 amide bonds. The second kappa shape index (κ2) is 6.18. The topological polar surface area (TPSA) is 42.1 Å². The molecule has 4 heteroatoms. The third kappa shape index (κ3) is 3.07. The van der Waals surface area contributed by atoms with Gasteiger partial charge in [0.25, 0.3) is 0 Å². The number of thiocarbonyl (C=S) groups is 1. The Kier molecular flexibility index (Phi) is 4.55. The van der Waals surface area contributed by atoms with E-state index in [9.17, 15) is 0 Å². The lowest BCUT2D eigenvalue weighted by molar-refractivity contribution is 0.585. The van der Waals surface area contributed by atoms with Crippen LogP contribution in [0.2, 0.25) is 0 Å².